The molecule has 0 aliphatic heterocycles. The first kappa shape index (κ1) is 21.2. The van der Waals surface area contributed by atoms with Gasteiger partial charge in [-0.3, -0.25) is 14.4 Å². The Hall–Kier alpha value is -2.01. The fraction of sp³-hybridized carbons (Fsp3) is 0.640. The van der Waals surface area contributed by atoms with Crippen molar-refractivity contribution in [3.05, 3.63) is 35.4 Å². The Morgan fingerprint density at radius 1 is 0.967 bits per heavy atom. The highest BCUT2D eigenvalue weighted by Crippen LogP contribution is 2.48. The minimum absolute atomic E-state index is 0.0332. The lowest BCUT2D eigenvalue weighted by Gasteiger charge is -2.20. The smallest absolute Gasteiger partial charge is 0.228 e. The molecular weight excluding hydrogens is 376 g/mol. The van der Waals surface area contributed by atoms with Crippen molar-refractivity contribution < 1.29 is 14.4 Å². The number of fused-ring (bicyclic) bond motifs is 3. The van der Waals surface area contributed by atoms with E-state index >= 15 is 0 Å². The van der Waals surface area contributed by atoms with Gasteiger partial charge in [0.25, 0.3) is 0 Å². The first-order chi connectivity index (χ1) is 14.6. The van der Waals surface area contributed by atoms with Gasteiger partial charge in [0.2, 0.25) is 5.91 Å². The molecule has 5 nitrogen and oxygen atoms in total. The summed E-state index contributed by atoms with van der Waals surface area (Å²) in [6.07, 6.45) is 9.47. The highest BCUT2D eigenvalue weighted by atomic mass is 16.2. The third-order valence-corrected chi connectivity index (χ3v) is 7.37. The van der Waals surface area contributed by atoms with Gasteiger partial charge in [-0.2, -0.15) is 0 Å². The third-order valence-electron chi connectivity index (χ3n) is 7.37. The quantitative estimate of drug-likeness (QED) is 0.546. The van der Waals surface area contributed by atoms with Crippen molar-refractivity contribution in [2.45, 2.75) is 63.7 Å². The summed E-state index contributed by atoms with van der Waals surface area (Å²) in [4.78, 5) is 36.8. The van der Waals surface area contributed by atoms with Crippen molar-refractivity contribution in [3.8, 4) is 0 Å². The molecular formula is C25H34N2O3. The van der Waals surface area contributed by atoms with E-state index in [1.54, 1.807) is 0 Å². The molecule has 1 amide bonds. The van der Waals surface area contributed by atoms with Crippen LogP contribution in [0.4, 0.5) is 0 Å². The Balaban J connectivity index is 1.03. The van der Waals surface area contributed by atoms with Crippen LogP contribution in [0.2, 0.25) is 0 Å². The average molecular weight is 411 g/mol. The molecule has 4 atom stereocenters. The zero-order valence-corrected chi connectivity index (χ0v) is 17.8. The molecule has 30 heavy (non-hydrogen) atoms. The van der Waals surface area contributed by atoms with E-state index in [1.165, 1.54) is 19.3 Å². The molecule has 0 aromatic heterocycles. The molecule has 2 fully saturated rings. The highest BCUT2D eigenvalue weighted by Gasteiger charge is 2.42. The maximum Gasteiger partial charge on any atom is 0.228 e. The van der Waals surface area contributed by atoms with E-state index in [0.29, 0.717) is 36.3 Å². The largest absolute Gasteiger partial charge is 0.356 e. The molecule has 2 N–H and O–H groups in total. The van der Waals surface area contributed by atoms with Crippen LogP contribution >= 0.6 is 0 Å². The number of amides is 1. The minimum atomic E-state index is -0.328. The SMILES string of the molecule is O=C1CC(C(=O)NCCCCCCNCC(=O)C2CC3CCC2C3)c2ccccc21. The second-order valence-electron chi connectivity index (χ2n) is 9.40. The van der Waals surface area contributed by atoms with Gasteiger partial charge in [-0.25, -0.2) is 0 Å². The Morgan fingerprint density at radius 3 is 2.53 bits per heavy atom. The molecule has 4 rings (SSSR count). The number of carbonyl (C=O) groups is 3. The summed E-state index contributed by atoms with van der Waals surface area (Å²) in [5.41, 5.74) is 1.56. The van der Waals surface area contributed by atoms with E-state index in [9.17, 15) is 14.4 Å². The lowest BCUT2D eigenvalue weighted by molar-refractivity contribution is -0.123. The van der Waals surface area contributed by atoms with Gasteiger partial charge in [-0.15, -0.1) is 0 Å². The van der Waals surface area contributed by atoms with Crippen LogP contribution in [0.15, 0.2) is 24.3 Å². The Labute approximate surface area is 179 Å². The molecule has 1 aromatic rings. The monoisotopic (exact) mass is 410 g/mol. The topological polar surface area (TPSA) is 75.3 Å². The third kappa shape index (κ3) is 4.83. The summed E-state index contributed by atoms with van der Waals surface area (Å²) in [6, 6.07) is 7.43. The molecule has 0 spiro atoms. The van der Waals surface area contributed by atoms with E-state index in [4.69, 9.17) is 0 Å². The summed E-state index contributed by atoms with van der Waals surface area (Å²) < 4.78 is 0. The van der Waals surface area contributed by atoms with Gasteiger partial charge >= 0.3 is 0 Å². The summed E-state index contributed by atoms with van der Waals surface area (Å²) >= 11 is 0. The first-order valence-corrected chi connectivity index (χ1v) is 11.8. The van der Waals surface area contributed by atoms with Gasteiger partial charge in [0, 0.05) is 24.4 Å². The van der Waals surface area contributed by atoms with Crippen LogP contribution in [0.25, 0.3) is 0 Å². The van der Waals surface area contributed by atoms with Gasteiger partial charge in [0.1, 0.15) is 5.78 Å². The molecule has 0 heterocycles. The van der Waals surface area contributed by atoms with Crippen molar-refractivity contribution in [2.75, 3.05) is 19.6 Å². The van der Waals surface area contributed by atoms with E-state index < -0.39 is 0 Å². The van der Waals surface area contributed by atoms with Crippen molar-refractivity contribution in [1.29, 1.82) is 0 Å². The fourth-order valence-electron chi connectivity index (χ4n) is 5.74. The van der Waals surface area contributed by atoms with Crippen LogP contribution in [-0.2, 0) is 9.59 Å². The number of hydrogen-bond donors (Lipinski definition) is 2. The second-order valence-corrected chi connectivity index (χ2v) is 9.40. The van der Waals surface area contributed by atoms with Crippen LogP contribution in [-0.4, -0.2) is 37.1 Å². The summed E-state index contributed by atoms with van der Waals surface area (Å²) in [6.45, 7) is 2.08. The molecule has 0 saturated heterocycles. The zero-order chi connectivity index (χ0) is 20.9. The number of hydrogen-bond acceptors (Lipinski definition) is 4. The summed E-state index contributed by atoms with van der Waals surface area (Å²) in [7, 11) is 0. The van der Waals surface area contributed by atoms with Crippen molar-refractivity contribution >= 4 is 17.5 Å². The molecule has 5 heteroatoms. The van der Waals surface area contributed by atoms with E-state index in [1.807, 2.05) is 24.3 Å². The Morgan fingerprint density at radius 2 is 1.77 bits per heavy atom. The number of rotatable bonds is 11. The van der Waals surface area contributed by atoms with Crippen LogP contribution in [0.3, 0.4) is 0 Å². The van der Waals surface area contributed by atoms with Crippen LogP contribution in [0.1, 0.15) is 79.6 Å². The molecule has 1 aromatic carbocycles. The average Bonchev–Trinajstić information content (AvgIpc) is 3.47. The lowest BCUT2D eigenvalue weighted by atomic mass is 9.85. The Kier molecular flexibility index (Phi) is 6.98. The van der Waals surface area contributed by atoms with E-state index in [-0.39, 0.29) is 24.0 Å². The fourth-order valence-corrected chi connectivity index (χ4v) is 5.74. The predicted molar refractivity (Wildman–Crippen MR) is 116 cm³/mol. The molecule has 2 saturated carbocycles. The van der Waals surface area contributed by atoms with Crippen molar-refractivity contribution in [2.24, 2.45) is 17.8 Å². The van der Waals surface area contributed by atoms with Gasteiger partial charge < -0.3 is 10.6 Å². The van der Waals surface area contributed by atoms with E-state index in [2.05, 4.69) is 10.6 Å². The van der Waals surface area contributed by atoms with Gasteiger partial charge in [0.05, 0.1) is 12.5 Å². The first-order valence-electron chi connectivity index (χ1n) is 11.8. The summed E-state index contributed by atoms with van der Waals surface area (Å²) in [5.74, 6) is 1.97. The standard InChI is InChI=1S/C25H34N2O3/c28-23-15-22(19-7-3-4-8-20(19)23)25(30)27-12-6-2-1-5-11-26-16-24(29)21-14-17-9-10-18(21)13-17/h3-4,7-8,17-18,21-22,26H,1-2,5-6,9-16H2,(H,27,30). The van der Waals surface area contributed by atoms with Crippen molar-refractivity contribution in [1.82, 2.24) is 10.6 Å². The van der Waals surface area contributed by atoms with Crippen LogP contribution in [0, 0.1) is 17.8 Å². The van der Waals surface area contributed by atoms with Crippen LogP contribution in [0.5, 0.6) is 0 Å². The zero-order valence-electron chi connectivity index (χ0n) is 17.8. The van der Waals surface area contributed by atoms with Gasteiger partial charge in [-0.1, -0.05) is 43.5 Å². The van der Waals surface area contributed by atoms with Crippen molar-refractivity contribution in [3.63, 3.8) is 0 Å². The van der Waals surface area contributed by atoms with Gasteiger partial charge in [-0.05, 0) is 56.0 Å². The molecule has 3 aliphatic carbocycles. The molecule has 162 valence electrons. The number of ketones is 2. The van der Waals surface area contributed by atoms with Crippen LogP contribution < -0.4 is 10.6 Å². The number of nitrogens with one attached hydrogen (secondary N) is 2. The molecule has 4 unspecified atom stereocenters. The summed E-state index contributed by atoms with van der Waals surface area (Å²) in [5, 5.41) is 6.33. The number of unbranched alkanes of at least 4 members (excludes halogenated alkanes) is 3. The molecule has 2 bridgehead atoms. The minimum Gasteiger partial charge on any atom is -0.356 e. The number of Topliss-reactive ketones (excluding diaryl/α,β-unsaturated/α-hetero) is 2. The predicted octanol–water partition coefficient (Wildman–Crippen LogP) is 3.63. The maximum atomic E-state index is 12.4. The van der Waals surface area contributed by atoms with E-state index in [0.717, 1.165) is 50.1 Å². The molecule has 0 radical (unpaired) electrons. The molecule has 3 aliphatic rings. The normalized spacial score (nSPS) is 26.7. The highest BCUT2D eigenvalue weighted by molar-refractivity contribution is 6.06. The Bertz CT molecular complexity index is 790. The second kappa shape index (κ2) is 9.86. The van der Waals surface area contributed by atoms with Gasteiger partial charge in [0.15, 0.2) is 5.78 Å². The lowest BCUT2D eigenvalue weighted by Crippen LogP contribution is -2.31. The number of benzene rings is 1. The number of carbonyl (C=O) groups excluding carboxylic acids is 3. The maximum absolute atomic E-state index is 12.4.